The highest BCUT2D eigenvalue weighted by Gasteiger charge is 2.30. The number of carbonyl (C=O) groups is 1. The second-order valence-electron chi connectivity index (χ2n) is 7.74. The summed E-state index contributed by atoms with van der Waals surface area (Å²) >= 11 is 5.72. The molecule has 8 nitrogen and oxygen atoms in total. The van der Waals surface area contributed by atoms with Crippen LogP contribution in [-0.2, 0) is 21.2 Å². The number of piperazine rings is 1. The zero-order chi connectivity index (χ0) is 23.6. The molecule has 1 N–H and O–H groups in total. The van der Waals surface area contributed by atoms with Crippen molar-refractivity contribution in [2.75, 3.05) is 26.2 Å². The molecule has 1 aliphatic heterocycles. The molecular formula is C22H22ClFN4O4S. The Morgan fingerprint density at radius 3 is 2.58 bits per heavy atom. The number of fused-ring (bicyclic) bond motifs is 1. The van der Waals surface area contributed by atoms with Crippen molar-refractivity contribution >= 4 is 38.4 Å². The molecule has 2 heterocycles. The second kappa shape index (κ2) is 9.58. The number of carbonyl (C=O) groups excluding carboxylic acids is 1. The van der Waals surface area contributed by atoms with E-state index in [-0.39, 0.29) is 54.0 Å². The number of hydrogen-bond donors (Lipinski definition) is 1. The smallest absolute Gasteiger partial charge is 0.258 e. The summed E-state index contributed by atoms with van der Waals surface area (Å²) in [7, 11) is -3.82. The summed E-state index contributed by atoms with van der Waals surface area (Å²) in [6.45, 7) is 0.807. The number of benzene rings is 2. The van der Waals surface area contributed by atoms with Crippen LogP contribution in [0.3, 0.4) is 0 Å². The zero-order valence-corrected chi connectivity index (χ0v) is 19.2. The average Bonchev–Trinajstić information content (AvgIpc) is 2.81. The van der Waals surface area contributed by atoms with Crippen LogP contribution in [0.25, 0.3) is 10.9 Å². The van der Waals surface area contributed by atoms with E-state index in [4.69, 9.17) is 11.6 Å². The van der Waals surface area contributed by atoms with Crippen LogP contribution >= 0.6 is 11.6 Å². The molecule has 0 saturated carbocycles. The third kappa shape index (κ3) is 5.07. The normalized spacial score (nSPS) is 15.2. The standard InChI is InChI=1S/C22H22ClFN4O4S/c23-17-14-15(8-9-18(17)24)33(31,32)28-12-10-27(11-13-28)21(29)7-3-6-20-25-19-5-2-1-4-16(19)22(30)26-20/h1-2,4-5,8-9,14H,3,6-7,10-13H2,(H,25,26,30). The van der Waals surface area contributed by atoms with E-state index < -0.39 is 15.8 Å². The van der Waals surface area contributed by atoms with E-state index in [0.717, 1.165) is 12.1 Å². The van der Waals surface area contributed by atoms with Gasteiger partial charge in [-0.3, -0.25) is 9.59 Å². The number of rotatable bonds is 6. The van der Waals surface area contributed by atoms with Gasteiger partial charge in [0.2, 0.25) is 15.9 Å². The van der Waals surface area contributed by atoms with E-state index in [1.165, 1.54) is 10.4 Å². The van der Waals surface area contributed by atoms with E-state index in [0.29, 0.717) is 29.6 Å². The third-order valence-electron chi connectivity index (χ3n) is 5.59. The van der Waals surface area contributed by atoms with Crippen LogP contribution in [0.1, 0.15) is 18.7 Å². The first-order valence-corrected chi connectivity index (χ1v) is 12.3. The molecule has 4 rings (SSSR count). The SMILES string of the molecule is O=C(CCCc1nc2ccccc2c(=O)[nH]1)N1CCN(S(=O)(=O)c2ccc(F)c(Cl)c2)CC1. The molecule has 1 aromatic heterocycles. The number of halogens is 2. The molecule has 0 aliphatic carbocycles. The molecule has 0 unspecified atom stereocenters. The Morgan fingerprint density at radius 2 is 1.85 bits per heavy atom. The third-order valence-corrected chi connectivity index (χ3v) is 7.77. The van der Waals surface area contributed by atoms with Crippen LogP contribution in [-0.4, -0.2) is 59.7 Å². The highest BCUT2D eigenvalue weighted by atomic mass is 35.5. The minimum Gasteiger partial charge on any atom is -0.340 e. The molecule has 1 aliphatic rings. The van der Waals surface area contributed by atoms with Gasteiger partial charge in [-0.25, -0.2) is 17.8 Å². The number of hydrogen-bond acceptors (Lipinski definition) is 5. The first kappa shape index (κ1) is 23.3. The molecule has 1 amide bonds. The quantitative estimate of drug-likeness (QED) is 0.569. The molecule has 0 atom stereocenters. The van der Waals surface area contributed by atoms with Crippen molar-refractivity contribution in [2.24, 2.45) is 0 Å². The van der Waals surface area contributed by atoms with Crippen molar-refractivity contribution < 1.29 is 17.6 Å². The number of para-hydroxylation sites is 1. The molecule has 1 saturated heterocycles. The van der Waals surface area contributed by atoms with Crippen molar-refractivity contribution in [1.29, 1.82) is 0 Å². The summed E-state index contributed by atoms with van der Waals surface area (Å²) in [6, 6.07) is 10.4. The highest BCUT2D eigenvalue weighted by Crippen LogP contribution is 2.23. The minimum absolute atomic E-state index is 0.0782. The number of nitrogens with one attached hydrogen (secondary N) is 1. The van der Waals surface area contributed by atoms with Crippen molar-refractivity contribution in [3.63, 3.8) is 0 Å². The van der Waals surface area contributed by atoms with E-state index in [9.17, 15) is 22.4 Å². The summed E-state index contributed by atoms with van der Waals surface area (Å²) in [5.74, 6) is -0.241. The lowest BCUT2D eigenvalue weighted by molar-refractivity contribution is -0.132. The van der Waals surface area contributed by atoms with Gasteiger partial charge in [0.25, 0.3) is 5.56 Å². The summed E-state index contributed by atoms with van der Waals surface area (Å²) in [5, 5.41) is 0.264. The minimum atomic E-state index is -3.82. The van der Waals surface area contributed by atoms with Crippen molar-refractivity contribution in [1.82, 2.24) is 19.2 Å². The number of aromatic amines is 1. The molecule has 3 aromatic rings. The Morgan fingerprint density at radius 1 is 1.12 bits per heavy atom. The number of H-pyrrole nitrogens is 1. The average molecular weight is 493 g/mol. The van der Waals surface area contributed by atoms with Crippen molar-refractivity contribution in [3.05, 3.63) is 69.5 Å². The lowest BCUT2D eigenvalue weighted by atomic mass is 10.2. The van der Waals surface area contributed by atoms with Gasteiger partial charge in [-0.05, 0) is 36.8 Å². The molecule has 33 heavy (non-hydrogen) atoms. The predicted octanol–water partition coefficient (Wildman–Crippen LogP) is 2.57. The van der Waals surface area contributed by atoms with Crippen LogP contribution in [0.2, 0.25) is 5.02 Å². The molecule has 11 heteroatoms. The predicted molar refractivity (Wildman–Crippen MR) is 122 cm³/mol. The van der Waals surface area contributed by atoms with Crippen LogP contribution < -0.4 is 5.56 Å². The fraction of sp³-hybridized carbons (Fsp3) is 0.318. The van der Waals surface area contributed by atoms with E-state index in [1.54, 1.807) is 23.1 Å². The van der Waals surface area contributed by atoms with Gasteiger partial charge in [0.05, 0.1) is 20.8 Å². The summed E-state index contributed by atoms with van der Waals surface area (Å²) in [6.07, 6.45) is 1.22. The van der Waals surface area contributed by atoms with Gasteiger partial charge in [0.1, 0.15) is 11.6 Å². The van der Waals surface area contributed by atoms with Gasteiger partial charge >= 0.3 is 0 Å². The first-order valence-electron chi connectivity index (χ1n) is 10.5. The maximum atomic E-state index is 13.4. The summed E-state index contributed by atoms with van der Waals surface area (Å²) in [5.41, 5.74) is 0.407. The van der Waals surface area contributed by atoms with Crippen LogP contribution in [0.5, 0.6) is 0 Å². The van der Waals surface area contributed by atoms with E-state index >= 15 is 0 Å². The Balaban J connectivity index is 1.30. The molecular weight excluding hydrogens is 471 g/mol. The van der Waals surface area contributed by atoms with Crippen molar-refractivity contribution in [2.45, 2.75) is 24.2 Å². The Kier molecular flexibility index (Phi) is 6.78. The number of aryl methyl sites for hydroxylation is 1. The molecule has 0 spiro atoms. The molecule has 0 radical (unpaired) electrons. The summed E-state index contributed by atoms with van der Waals surface area (Å²) in [4.78, 5) is 33.5. The molecule has 2 aromatic carbocycles. The van der Waals surface area contributed by atoms with Crippen molar-refractivity contribution in [3.8, 4) is 0 Å². The van der Waals surface area contributed by atoms with Gasteiger partial charge in [-0.15, -0.1) is 0 Å². The second-order valence-corrected chi connectivity index (χ2v) is 10.1. The van der Waals surface area contributed by atoms with Crippen LogP contribution in [0.15, 0.2) is 52.2 Å². The zero-order valence-electron chi connectivity index (χ0n) is 17.6. The van der Waals surface area contributed by atoms with Gasteiger partial charge in [0.15, 0.2) is 0 Å². The summed E-state index contributed by atoms with van der Waals surface area (Å²) < 4.78 is 40.2. The van der Waals surface area contributed by atoms with Crippen LogP contribution in [0.4, 0.5) is 4.39 Å². The molecule has 0 bridgehead atoms. The van der Waals surface area contributed by atoms with Gasteiger partial charge in [-0.1, -0.05) is 23.7 Å². The topological polar surface area (TPSA) is 103 Å². The maximum Gasteiger partial charge on any atom is 0.258 e. The fourth-order valence-electron chi connectivity index (χ4n) is 3.78. The van der Waals surface area contributed by atoms with Crippen LogP contribution in [0, 0.1) is 5.82 Å². The number of nitrogens with zero attached hydrogens (tertiary/aromatic N) is 3. The van der Waals surface area contributed by atoms with E-state index in [2.05, 4.69) is 9.97 Å². The number of aromatic nitrogens is 2. The Labute approximate surface area is 195 Å². The Hall–Kier alpha value is -2.82. The molecule has 174 valence electrons. The number of sulfonamides is 1. The number of amides is 1. The maximum absolute atomic E-state index is 13.4. The lowest BCUT2D eigenvalue weighted by Gasteiger charge is -2.34. The highest BCUT2D eigenvalue weighted by molar-refractivity contribution is 7.89. The van der Waals surface area contributed by atoms with Gasteiger partial charge in [-0.2, -0.15) is 4.31 Å². The largest absolute Gasteiger partial charge is 0.340 e. The monoisotopic (exact) mass is 492 g/mol. The van der Waals surface area contributed by atoms with E-state index in [1.807, 2.05) is 6.07 Å². The van der Waals surface area contributed by atoms with Gasteiger partial charge in [0, 0.05) is 39.0 Å². The Bertz CT molecular complexity index is 1350. The first-order chi connectivity index (χ1) is 15.8. The fourth-order valence-corrected chi connectivity index (χ4v) is 5.48. The van der Waals surface area contributed by atoms with Gasteiger partial charge < -0.3 is 9.88 Å². The lowest BCUT2D eigenvalue weighted by Crippen LogP contribution is -2.50. The molecule has 1 fully saturated rings.